The van der Waals surface area contributed by atoms with E-state index < -0.39 is 0 Å². The lowest BCUT2D eigenvalue weighted by molar-refractivity contribution is 0.515. The first-order valence-electron chi connectivity index (χ1n) is 5.66. The van der Waals surface area contributed by atoms with Gasteiger partial charge in [0.15, 0.2) is 0 Å². The molecule has 2 rings (SSSR count). The lowest BCUT2D eigenvalue weighted by Crippen LogP contribution is -2.29. The van der Waals surface area contributed by atoms with Crippen molar-refractivity contribution in [3.05, 3.63) is 12.4 Å². The topological polar surface area (TPSA) is 63.8 Å². The lowest BCUT2D eigenvalue weighted by atomic mass is 10.0. The molecule has 0 bridgehead atoms. The Bertz CT molecular complexity index is 345. The van der Waals surface area contributed by atoms with Crippen molar-refractivity contribution in [2.24, 2.45) is 11.7 Å². The first kappa shape index (κ1) is 11.7. The molecule has 5 heteroatoms. The third-order valence-corrected chi connectivity index (χ3v) is 3.79. The van der Waals surface area contributed by atoms with Crippen molar-refractivity contribution in [2.45, 2.75) is 30.3 Å². The highest BCUT2D eigenvalue weighted by molar-refractivity contribution is 7.98. The summed E-state index contributed by atoms with van der Waals surface area (Å²) in [6, 6.07) is 2.48. The molecule has 0 radical (unpaired) electrons. The molecule has 1 aliphatic carbocycles. The summed E-state index contributed by atoms with van der Waals surface area (Å²) in [5, 5.41) is 4.47. The lowest BCUT2D eigenvalue weighted by Gasteiger charge is -2.19. The number of nitrogens with one attached hydrogen (secondary N) is 1. The van der Waals surface area contributed by atoms with Crippen molar-refractivity contribution in [1.29, 1.82) is 0 Å². The molecule has 3 N–H and O–H groups in total. The van der Waals surface area contributed by atoms with Crippen molar-refractivity contribution < 1.29 is 0 Å². The Hall–Kier alpha value is -0.810. The molecule has 0 aromatic carbocycles. The molecule has 0 aliphatic heterocycles. The van der Waals surface area contributed by atoms with Crippen LogP contribution in [0, 0.1) is 5.92 Å². The van der Waals surface area contributed by atoms with Gasteiger partial charge in [0, 0.05) is 12.1 Å². The highest BCUT2D eigenvalue weighted by Crippen LogP contribution is 2.27. The van der Waals surface area contributed by atoms with Gasteiger partial charge in [-0.25, -0.2) is 9.97 Å². The average Bonchev–Trinajstić information content (AvgIpc) is 2.76. The van der Waals surface area contributed by atoms with Crippen LogP contribution in [-0.2, 0) is 0 Å². The zero-order valence-corrected chi connectivity index (χ0v) is 10.3. The predicted molar refractivity (Wildman–Crippen MR) is 67.6 cm³/mol. The Morgan fingerprint density at radius 1 is 1.50 bits per heavy atom. The summed E-state index contributed by atoms with van der Waals surface area (Å²) in [6.07, 6.45) is 7.32. The summed E-state index contributed by atoms with van der Waals surface area (Å²) in [6.45, 7) is 0.762. The number of hydrogen-bond donors (Lipinski definition) is 2. The van der Waals surface area contributed by atoms with E-state index in [1.54, 1.807) is 18.1 Å². The molecule has 1 saturated carbocycles. The van der Waals surface area contributed by atoms with E-state index in [2.05, 4.69) is 15.3 Å². The summed E-state index contributed by atoms with van der Waals surface area (Å²) in [5.74, 6) is 1.51. The van der Waals surface area contributed by atoms with Crippen LogP contribution in [0.3, 0.4) is 0 Å². The third kappa shape index (κ3) is 2.65. The largest absolute Gasteiger partial charge is 0.367 e. The molecule has 0 spiro atoms. The maximum Gasteiger partial charge on any atom is 0.130 e. The molecular formula is C11H18N4S. The molecule has 2 atom stereocenters. The van der Waals surface area contributed by atoms with Crippen LogP contribution >= 0.6 is 11.8 Å². The van der Waals surface area contributed by atoms with Crippen molar-refractivity contribution in [1.82, 2.24) is 9.97 Å². The van der Waals surface area contributed by atoms with Gasteiger partial charge >= 0.3 is 0 Å². The quantitative estimate of drug-likeness (QED) is 0.618. The van der Waals surface area contributed by atoms with E-state index in [-0.39, 0.29) is 0 Å². The second-order valence-electron chi connectivity index (χ2n) is 4.12. The van der Waals surface area contributed by atoms with E-state index in [1.165, 1.54) is 19.3 Å². The standard InChI is InChI=1S/C11H18N4S/c1-16-11-5-10(13-7-14-11)15-9-4-2-3-8(9)6-12/h5,7-9H,2-4,6,12H2,1H3,(H,13,14,15). The Kier molecular flexibility index (Phi) is 4.01. The SMILES string of the molecule is CSc1cc(NC2CCCC2CN)ncn1. The minimum absolute atomic E-state index is 0.481. The number of nitrogens with two attached hydrogens (primary N) is 1. The maximum atomic E-state index is 5.76. The summed E-state index contributed by atoms with van der Waals surface area (Å²) < 4.78 is 0. The van der Waals surface area contributed by atoms with E-state index >= 15 is 0 Å². The molecule has 88 valence electrons. The van der Waals surface area contributed by atoms with Gasteiger partial charge in [-0.1, -0.05) is 6.42 Å². The Balaban J connectivity index is 2.02. The molecule has 2 unspecified atom stereocenters. The highest BCUT2D eigenvalue weighted by atomic mass is 32.2. The second-order valence-corrected chi connectivity index (χ2v) is 4.95. The van der Waals surface area contributed by atoms with Crippen LogP contribution in [0.1, 0.15) is 19.3 Å². The number of thioether (sulfide) groups is 1. The molecule has 1 aromatic heterocycles. The first-order valence-corrected chi connectivity index (χ1v) is 6.88. The number of rotatable bonds is 4. The Morgan fingerprint density at radius 3 is 3.12 bits per heavy atom. The molecule has 16 heavy (non-hydrogen) atoms. The van der Waals surface area contributed by atoms with E-state index in [0.29, 0.717) is 12.0 Å². The Labute approximate surface area is 100 Å². The highest BCUT2D eigenvalue weighted by Gasteiger charge is 2.26. The van der Waals surface area contributed by atoms with Crippen molar-refractivity contribution in [3.8, 4) is 0 Å². The molecule has 0 saturated heterocycles. The van der Waals surface area contributed by atoms with Crippen molar-refractivity contribution >= 4 is 17.6 Å². The maximum absolute atomic E-state index is 5.76. The molecule has 1 heterocycles. The van der Waals surface area contributed by atoms with Crippen LogP contribution in [0.5, 0.6) is 0 Å². The van der Waals surface area contributed by atoms with Gasteiger partial charge in [-0.05, 0) is 31.6 Å². The van der Waals surface area contributed by atoms with Crippen molar-refractivity contribution in [3.63, 3.8) is 0 Å². The summed E-state index contributed by atoms with van der Waals surface area (Å²) in [5.41, 5.74) is 5.76. The van der Waals surface area contributed by atoms with Gasteiger partial charge in [-0.15, -0.1) is 11.8 Å². The van der Waals surface area contributed by atoms with Crippen LogP contribution in [0.15, 0.2) is 17.4 Å². The van der Waals surface area contributed by atoms with Gasteiger partial charge in [0.1, 0.15) is 17.2 Å². The van der Waals surface area contributed by atoms with Crippen LogP contribution in [0.2, 0.25) is 0 Å². The van der Waals surface area contributed by atoms with Gasteiger partial charge in [0.05, 0.1) is 0 Å². The number of hydrogen-bond acceptors (Lipinski definition) is 5. The first-order chi connectivity index (χ1) is 7.83. The second kappa shape index (κ2) is 5.50. The smallest absolute Gasteiger partial charge is 0.130 e. The van der Waals surface area contributed by atoms with Gasteiger partial charge in [0.2, 0.25) is 0 Å². The monoisotopic (exact) mass is 238 g/mol. The normalized spacial score (nSPS) is 24.6. The van der Waals surface area contributed by atoms with Crippen molar-refractivity contribution in [2.75, 3.05) is 18.1 Å². The van der Waals surface area contributed by atoms with E-state index in [9.17, 15) is 0 Å². The predicted octanol–water partition coefficient (Wildman–Crippen LogP) is 1.74. The van der Waals surface area contributed by atoms with Gasteiger partial charge in [-0.3, -0.25) is 0 Å². The number of anilines is 1. The van der Waals surface area contributed by atoms with Crippen LogP contribution in [0.4, 0.5) is 5.82 Å². The molecular weight excluding hydrogens is 220 g/mol. The van der Waals surface area contributed by atoms with Crippen LogP contribution < -0.4 is 11.1 Å². The van der Waals surface area contributed by atoms with Crippen LogP contribution in [0.25, 0.3) is 0 Å². The van der Waals surface area contributed by atoms with Gasteiger partial charge in [0.25, 0.3) is 0 Å². The fourth-order valence-electron chi connectivity index (χ4n) is 2.23. The van der Waals surface area contributed by atoms with Gasteiger partial charge in [-0.2, -0.15) is 0 Å². The Morgan fingerprint density at radius 2 is 2.38 bits per heavy atom. The van der Waals surface area contributed by atoms with E-state index in [4.69, 9.17) is 5.73 Å². The zero-order chi connectivity index (χ0) is 11.4. The molecule has 1 aromatic rings. The number of nitrogens with zero attached hydrogens (tertiary/aromatic N) is 2. The third-order valence-electron chi connectivity index (χ3n) is 3.15. The fraction of sp³-hybridized carbons (Fsp3) is 0.636. The molecule has 1 fully saturated rings. The van der Waals surface area contributed by atoms with Gasteiger partial charge < -0.3 is 11.1 Å². The molecule has 0 amide bonds. The zero-order valence-electron chi connectivity index (χ0n) is 9.52. The van der Waals surface area contributed by atoms with E-state index in [1.807, 2.05) is 12.3 Å². The fourth-order valence-corrected chi connectivity index (χ4v) is 2.61. The molecule has 1 aliphatic rings. The summed E-state index contributed by atoms with van der Waals surface area (Å²) >= 11 is 1.63. The van der Waals surface area contributed by atoms with E-state index in [0.717, 1.165) is 17.4 Å². The molecule has 4 nitrogen and oxygen atoms in total. The number of aromatic nitrogens is 2. The average molecular weight is 238 g/mol. The summed E-state index contributed by atoms with van der Waals surface area (Å²) in [7, 11) is 0. The summed E-state index contributed by atoms with van der Waals surface area (Å²) in [4.78, 5) is 8.40. The minimum Gasteiger partial charge on any atom is -0.367 e. The van der Waals surface area contributed by atoms with Crippen LogP contribution in [-0.4, -0.2) is 28.8 Å². The minimum atomic E-state index is 0.481.